The smallest absolute Gasteiger partial charge is 0.222 e. The molecule has 0 radical (unpaired) electrons. The first-order valence-electron chi connectivity index (χ1n) is 4.85. The number of amides is 1. The van der Waals surface area contributed by atoms with Gasteiger partial charge in [0.05, 0.1) is 12.2 Å². The van der Waals surface area contributed by atoms with Crippen molar-refractivity contribution < 1.29 is 4.79 Å². The Bertz CT molecular complexity index is 443. The highest BCUT2D eigenvalue weighted by Crippen LogP contribution is 2.11. The number of aromatic nitrogens is 2. The summed E-state index contributed by atoms with van der Waals surface area (Å²) in [6, 6.07) is 0. The van der Waals surface area contributed by atoms with Crippen molar-refractivity contribution in [3.8, 4) is 0 Å². The maximum absolute atomic E-state index is 11.3. The van der Waals surface area contributed by atoms with Crippen molar-refractivity contribution in [2.24, 2.45) is 5.92 Å². The number of rotatable bonds is 3. The molecule has 80 valence electrons. The number of carbonyl (C=O) groups is 1. The molecule has 0 aliphatic heterocycles. The highest BCUT2D eigenvalue weighted by atomic mass is 32.1. The zero-order chi connectivity index (χ0) is 10.8. The number of hydrogen-bond acceptors (Lipinski definition) is 3. The molecular weight excluding hydrogens is 210 g/mol. The molecule has 0 unspecified atom stereocenters. The first-order valence-corrected chi connectivity index (χ1v) is 5.73. The molecule has 4 nitrogen and oxygen atoms in total. The maximum atomic E-state index is 11.3. The topological polar surface area (TPSA) is 46.4 Å². The quantitative estimate of drug-likeness (QED) is 0.860. The molecule has 15 heavy (non-hydrogen) atoms. The van der Waals surface area contributed by atoms with Crippen molar-refractivity contribution in [2.45, 2.75) is 20.4 Å². The summed E-state index contributed by atoms with van der Waals surface area (Å²) < 4.78 is 1.96. The van der Waals surface area contributed by atoms with E-state index in [9.17, 15) is 4.79 Å². The lowest BCUT2D eigenvalue weighted by molar-refractivity contribution is -0.124. The molecule has 2 rings (SSSR count). The van der Waals surface area contributed by atoms with Gasteiger partial charge in [0, 0.05) is 23.7 Å². The second-order valence-corrected chi connectivity index (χ2v) is 4.57. The van der Waals surface area contributed by atoms with Gasteiger partial charge in [0.25, 0.3) is 0 Å². The normalized spacial score (nSPS) is 11.1. The maximum Gasteiger partial charge on any atom is 0.222 e. The molecule has 0 aliphatic rings. The summed E-state index contributed by atoms with van der Waals surface area (Å²) in [7, 11) is 0. The Kier molecular flexibility index (Phi) is 2.73. The zero-order valence-electron chi connectivity index (χ0n) is 8.73. The third kappa shape index (κ3) is 2.18. The van der Waals surface area contributed by atoms with Gasteiger partial charge >= 0.3 is 0 Å². The van der Waals surface area contributed by atoms with Crippen molar-refractivity contribution in [3.63, 3.8) is 0 Å². The lowest BCUT2D eigenvalue weighted by Gasteiger charge is -2.04. The van der Waals surface area contributed by atoms with Crippen LogP contribution in [0.15, 0.2) is 17.8 Å². The molecule has 0 atom stereocenters. The Morgan fingerprint density at radius 3 is 3.13 bits per heavy atom. The second-order valence-electron chi connectivity index (χ2n) is 3.70. The summed E-state index contributed by atoms with van der Waals surface area (Å²) in [6.07, 6.45) is 3.90. The van der Waals surface area contributed by atoms with Gasteiger partial charge in [-0.15, -0.1) is 11.3 Å². The van der Waals surface area contributed by atoms with E-state index in [1.54, 1.807) is 11.3 Å². The Morgan fingerprint density at radius 1 is 1.67 bits per heavy atom. The van der Waals surface area contributed by atoms with Crippen LogP contribution in [-0.2, 0) is 11.3 Å². The van der Waals surface area contributed by atoms with Gasteiger partial charge in [-0.1, -0.05) is 13.8 Å². The van der Waals surface area contributed by atoms with Gasteiger partial charge in [-0.05, 0) is 0 Å². The fraction of sp³-hybridized carbons (Fsp3) is 0.400. The number of thiazole rings is 1. The van der Waals surface area contributed by atoms with Gasteiger partial charge in [0.2, 0.25) is 5.91 Å². The molecule has 0 aliphatic carbocycles. The molecule has 0 saturated carbocycles. The first kappa shape index (κ1) is 10.2. The van der Waals surface area contributed by atoms with Gasteiger partial charge in [-0.3, -0.25) is 9.20 Å². The summed E-state index contributed by atoms with van der Waals surface area (Å²) in [6.45, 7) is 4.26. The van der Waals surface area contributed by atoms with Gasteiger partial charge < -0.3 is 5.32 Å². The van der Waals surface area contributed by atoms with Crippen LogP contribution in [0.25, 0.3) is 4.96 Å². The average Bonchev–Trinajstić information content (AvgIpc) is 2.72. The van der Waals surface area contributed by atoms with Crippen LogP contribution in [0.1, 0.15) is 19.5 Å². The molecule has 0 spiro atoms. The molecule has 0 aromatic carbocycles. The molecule has 0 bridgehead atoms. The van der Waals surface area contributed by atoms with Crippen LogP contribution in [-0.4, -0.2) is 15.3 Å². The fourth-order valence-corrected chi connectivity index (χ4v) is 1.96. The van der Waals surface area contributed by atoms with Crippen molar-refractivity contribution in [3.05, 3.63) is 23.5 Å². The van der Waals surface area contributed by atoms with E-state index in [1.807, 2.05) is 36.0 Å². The minimum absolute atomic E-state index is 0.0220. The van der Waals surface area contributed by atoms with E-state index < -0.39 is 0 Å². The van der Waals surface area contributed by atoms with Crippen LogP contribution in [0.2, 0.25) is 0 Å². The largest absolute Gasteiger partial charge is 0.350 e. The van der Waals surface area contributed by atoms with E-state index in [1.165, 1.54) is 0 Å². The van der Waals surface area contributed by atoms with Crippen LogP contribution in [0.3, 0.4) is 0 Å². The number of nitrogens with one attached hydrogen (secondary N) is 1. The zero-order valence-corrected chi connectivity index (χ0v) is 9.54. The first-order chi connectivity index (χ1) is 7.16. The lowest BCUT2D eigenvalue weighted by Crippen LogP contribution is -2.27. The number of imidazole rings is 1. The van der Waals surface area contributed by atoms with Gasteiger partial charge in [-0.2, -0.15) is 0 Å². The monoisotopic (exact) mass is 223 g/mol. The molecule has 0 saturated heterocycles. The third-order valence-electron chi connectivity index (χ3n) is 2.11. The van der Waals surface area contributed by atoms with Crippen LogP contribution in [0, 0.1) is 5.92 Å². The van der Waals surface area contributed by atoms with Crippen LogP contribution < -0.4 is 5.32 Å². The standard InChI is InChI=1S/C10H13N3OS/c1-7(2)9(14)11-5-8-6-13-3-4-15-10(13)12-8/h3-4,6-7H,5H2,1-2H3,(H,11,14). The highest BCUT2D eigenvalue weighted by molar-refractivity contribution is 7.15. The Labute approximate surface area is 91.9 Å². The minimum Gasteiger partial charge on any atom is -0.350 e. The highest BCUT2D eigenvalue weighted by Gasteiger charge is 2.07. The van der Waals surface area contributed by atoms with E-state index in [4.69, 9.17) is 0 Å². The molecule has 2 aromatic rings. The number of hydrogen-bond donors (Lipinski definition) is 1. The Morgan fingerprint density at radius 2 is 2.47 bits per heavy atom. The number of nitrogens with zero attached hydrogens (tertiary/aromatic N) is 2. The van der Waals surface area contributed by atoms with E-state index in [0.29, 0.717) is 6.54 Å². The number of fused-ring (bicyclic) bond motifs is 1. The van der Waals surface area contributed by atoms with Gasteiger partial charge in [0.15, 0.2) is 4.96 Å². The summed E-state index contributed by atoms with van der Waals surface area (Å²) >= 11 is 1.59. The van der Waals surface area contributed by atoms with Gasteiger partial charge in [0.1, 0.15) is 0 Å². The third-order valence-corrected chi connectivity index (χ3v) is 2.88. The van der Waals surface area contributed by atoms with Gasteiger partial charge in [-0.25, -0.2) is 4.98 Å². The predicted molar refractivity (Wildman–Crippen MR) is 59.8 cm³/mol. The van der Waals surface area contributed by atoms with Crippen LogP contribution in [0.4, 0.5) is 0 Å². The van der Waals surface area contributed by atoms with E-state index in [0.717, 1.165) is 10.7 Å². The van der Waals surface area contributed by atoms with Crippen LogP contribution in [0.5, 0.6) is 0 Å². The molecule has 1 N–H and O–H groups in total. The fourth-order valence-electron chi connectivity index (χ4n) is 1.24. The second kappa shape index (κ2) is 4.02. The van der Waals surface area contributed by atoms with Crippen LogP contribution >= 0.6 is 11.3 Å². The molecule has 2 aromatic heterocycles. The molecular formula is C10H13N3OS. The van der Waals surface area contributed by atoms with Crippen molar-refractivity contribution in [1.29, 1.82) is 0 Å². The summed E-state index contributed by atoms with van der Waals surface area (Å²) in [5.41, 5.74) is 0.899. The van der Waals surface area contributed by atoms with E-state index >= 15 is 0 Å². The summed E-state index contributed by atoms with van der Waals surface area (Å²) in [5.74, 6) is 0.0834. The van der Waals surface area contributed by atoms with E-state index in [2.05, 4.69) is 10.3 Å². The lowest BCUT2D eigenvalue weighted by atomic mass is 10.2. The van der Waals surface area contributed by atoms with E-state index in [-0.39, 0.29) is 11.8 Å². The van der Waals surface area contributed by atoms with Crippen molar-refractivity contribution in [1.82, 2.24) is 14.7 Å². The average molecular weight is 223 g/mol. The minimum atomic E-state index is 0.0220. The predicted octanol–water partition coefficient (Wildman–Crippen LogP) is 1.67. The molecule has 2 heterocycles. The molecule has 0 fully saturated rings. The summed E-state index contributed by atoms with van der Waals surface area (Å²) in [4.78, 5) is 16.7. The molecule has 1 amide bonds. The number of carbonyl (C=O) groups excluding carboxylic acids is 1. The van der Waals surface area contributed by atoms with Crippen molar-refractivity contribution >= 4 is 22.2 Å². The van der Waals surface area contributed by atoms with Crippen molar-refractivity contribution in [2.75, 3.05) is 0 Å². The Balaban J connectivity index is 2.01. The summed E-state index contributed by atoms with van der Waals surface area (Å²) in [5, 5.41) is 4.82. The SMILES string of the molecule is CC(C)C(=O)NCc1cn2ccsc2n1. The Hall–Kier alpha value is -1.36. The molecule has 5 heteroatoms.